The van der Waals surface area contributed by atoms with Crippen LogP contribution in [0.3, 0.4) is 0 Å². The molecule has 1 N–H and O–H groups in total. The molecule has 2 aliphatic heterocycles. The fraction of sp³-hybridized carbons (Fsp3) is 0.600. The third-order valence-electron chi connectivity index (χ3n) is 3.71. The summed E-state index contributed by atoms with van der Waals surface area (Å²) < 4.78 is 0. The lowest BCUT2D eigenvalue weighted by molar-refractivity contribution is 0.112. The van der Waals surface area contributed by atoms with Gasteiger partial charge in [0.25, 0.3) is 0 Å². The normalized spacial score (nSPS) is 19.7. The van der Waals surface area contributed by atoms with Crippen molar-refractivity contribution in [3.8, 4) is 5.75 Å². The predicted octanol–water partition coefficient (Wildman–Crippen LogP) is 3.89. The van der Waals surface area contributed by atoms with Gasteiger partial charge >= 0.3 is 0 Å². The molecule has 5 heteroatoms. The van der Waals surface area contributed by atoms with E-state index in [-0.39, 0.29) is 5.75 Å². The van der Waals surface area contributed by atoms with Crippen molar-refractivity contribution in [2.24, 2.45) is 5.41 Å². The van der Waals surface area contributed by atoms with Crippen molar-refractivity contribution in [2.45, 2.75) is 38.2 Å². The minimum Gasteiger partial charge on any atom is -0.505 e. The lowest BCUT2D eigenvalue weighted by atomic mass is 9.87. The van der Waals surface area contributed by atoms with E-state index in [2.05, 4.69) is 18.8 Å². The average Bonchev–Trinajstić information content (AvgIpc) is 2.42. The molecule has 3 nitrogen and oxygen atoms in total. The molecule has 0 fully saturated rings. The van der Waals surface area contributed by atoms with Crippen LogP contribution in [-0.4, -0.2) is 27.9 Å². The minimum atomic E-state index is 0.0732. The molecule has 0 unspecified atom stereocenters. The fourth-order valence-electron chi connectivity index (χ4n) is 2.12. The first-order valence-electron chi connectivity index (χ1n) is 6.84. The van der Waals surface area contributed by atoms with E-state index in [1.54, 1.807) is 29.7 Å². The largest absolute Gasteiger partial charge is 0.505 e. The van der Waals surface area contributed by atoms with Crippen molar-refractivity contribution in [3.05, 3.63) is 23.0 Å². The molecule has 0 spiro atoms. The molecule has 0 atom stereocenters. The Kier molecular flexibility index (Phi) is 5.38. The molecule has 0 amide bonds. The standard InChI is InChI=1S/C15H21NO2S2/c1-15(2)3-5-19-9-11-7-16-13(10-20-6-4-15)14(18)12(11)8-17/h7-8,18H,3-6,9-10H2,1-2H3. The first kappa shape index (κ1) is 15.7. The van der Waals surface area contributed by atoms with E-state index in [4.69, 9.17) is 0 Å². The van der Waals surface area contributed by atoms with Gasteiger partial charge in [0.15, 0.2) is 6.29 Å². The van der Waals surface area contributed by atoms with E-state index in [1.807, 2.05) is 0 Å². The number of carbonyl (C=O) groups excluding carboxylic acids is 1. The smallest absolute Gasteiger partial charge is 0.154 e. The van der Waals surface area contributed by atoms with Crippen LogP contribution < -0.4 is 0 Å². The van der Waals surface area contributed by atoms with Crippen LogP contribution >= 0.6 is 23.5 Å². The molecule has 0 saturated carbocycles. The molecule has 1 aromatic rings. The highest BCUT2D eigenvalue weighted by Gasteiger charge is 2.19. The monoisotopic (exact) mass is 311 g/mol. The fourth-order valence-corrected chi connectivity index (χ4v) is 4.66. The summed E-state index contributed by atoms with van der Waals surface area (Å²) in [6.07, 6.45) is 4.84. The van der Waals surface area contributed by atoms with Crippen LogP contribution in [0.1, 0.15) is 48.3 Å². The molecule has 110 valence electrons. The van der Waals surface area contributed by atoms with Crippen LogP contribution in [0.15, 0.2) is 6.20 Å². The third-order valence-corrected chi connectivity index (χ3v) is 5.69. The zero-order valence-electron chi connectivity index (χ0n) is 12.0. The zero-order chi connectivity index (χ0) is 14.6. The summed E-state index contributed by atoms with van der Waals surface area (Å²) in [5.74, 6) is 3.59. The summed E-state index contributed by atoms with van der Waals surface area (Å²) in [5, 5.41) is 10.2. The van der Waals surface area contributed by atoms with Gasteiger partial charge in [-0.3, -0.25) is 9.78 Å². The second kappa shape index (κ2) is 6.85. The number of aromatic hydroxyl groups is 1. The molecule has 0 aromatic carbocycles. The van der Waals surface area contributed by atoms with Gasteiger partial charge in [0.1, 0.15) is 5.75 Å². The summed E-state index contributed by atoms with van der Waals surface area (Å²) in [5.41, 5.74) is 2.24. The first-order chi connectivity index (χ1) is 9.53. The summed E-state index contributed by atoms with van der Waals surface area (Å²) in [4.78, 5) is 15.5. The number of carbonyl (C=O) groups is 1. The van der Waals surface area contributed by atoms with E-state index in [0.717, 1.165) is 35.5 Å². The molecule has 0 radical (unpaired) electrons. The minimum absolute atomic E-state index is 0.0732. The molecule has 3 heterocycles. The van der Waals surface area contributed by atoms with E-state index in [0.29, 0.717) is 22.4 Å². The average molecular weight is 311 g/mol. The van der Waals surface area contributed by atoms with Gasteiger partial charge in [-0.25, -0.2) is 0 Å². The zero-order valence-corrected chi connectivity index (χ0v) is 13.6. The number of pyridine rings is 1. The van der Waals surface area contributed by atoms with Crippen molar-refractivity contribution < 1.29 is 9.90 Å². The number of hydrogen-bond acceptors (Lipinski definition) is 5. The van der Waals surface area contributed by atoms with Gasteiger partial charge in [-0.15, -0.1) is 0 Å². The maximum Gasteiger partial charge on any atom is 0.154 e. The Morgan fingerprint density at radius 2 is 1.90 bits per heavy atom. The number of aldehydes is 1. The lowest BCUT2D eigenvalue weighted by Crippen LogP contribution is -2.13. The Morgan fingerprint density at radius 1 is 1.25 bits per heavy atom. The highest BCUT2D eigenvalue weighted by molar-refractivity contribution is 7.98. The van der Waals surface area contributed by atoms with Gasteiger partial charge in [0.05, 0.1) is 11.3 Å². The molecular weight excluding hydrogens is 290 g/mol. The molecule has 2 aliphatic rings. The molecule has 0 aliphatic carbocycles. The van der Waals surface area contributed by atoms with Crippen LogP contribution in [0.25, 0.3) is 0 Å². The van der Waals surface area contributed by atoms with Crippen LogP contribution in [0.4, 0.5) is 0 Å². The van der Waals surface area contributed by atoms with Crippen molar-refractivity contribution in [1.82, 2.24) is 4.98 Å². The summed E-state index contributed by atoms with van der Waals surface area (Å²) in [6.45, 7) is 4.62. The maximum absolute atomic E-state index is 11.2. The quantitative estimate of drug-likeness (QED) is 0.798. The van der Waals surface area contributed by atoms with Gasteiger partial charge in [-0.2, -0.15) is 23.5 Å². The SMILES string of the molecule is CC1(C)CCSCc2cnc(c(O)c2C=O)CSCC1. The van der Waals surface area contributed by atoms with E-state index in [1.165, 1.54) is 6.42 Å². The number of thioether (sulfide) groups is 2. The summed E-state index contributed by atoms with van der Waals surface area (Å²) in [6, 6.07) is 0. The molecule has 3 rings (SSSR count). The van der Waals surface area contributed by atoms with Gasteiger partial charge < -0.3 is 5.11 Å². The number of hydrogen-bond donors (Lipinski definition) is 1. The van der Waals surface area contributed by atoms with Crippen LogP contribution in [0, 0.1) is 5.41 Å². The van der Waals surface area contributed by atoms with Crippen LogP contribution in [0.2, 0.25) is 0 Å². The van der Waals surface area contributed by atoms with E-state index < -0.39 is 0 Å². The second-order valence-electron chi connectivity index (χ2n) is 5.88. The van der Waals surface area contributed by atoms with Gasteiger partial charge in [-0.1, -0.05) is 13.8 Å². The maximum atomic E-state index is 11.2. The molecule has 2 bridgehead atoms. The van der Waals surface area contributed by atoms with Crippen molar-refractivity contribution in [2.75, 3.05) is 11.5 Å². The van der Waals surface area contributed by atoms with Gasteiger partial charge in [0, 0.05) is 17.7 Å². The Bertz CT molecular complexity index is 489. The molecule has 20 heavy (non-hydrogen) atoms. The predicted molar refractivity (Wildman–Crippen MR) is 86.6 cm³/mol. The number of aromatic nitrogens is 1. The lowest BCUT2D eigenvalue weighted by Gasteiger charge is -2.24. The van der Waals surface area contributed by atoms with Crippen molar-refractivity contribution in [3.63, 3.8) is 0 Å². The van der Waals surface area contributed by atoms with E-state index in [9.17, 15) is 9.90 Å². The third kappa shape index (κ3) is 3.92. The van der Waals surface area contributed by atoms with Crippen molar-refractivity contribution in [1.29, 1.82) is 0 Å². The highest BCUT2D eigenvalue weighted by atomic mass is 32.2. The van der Waals surface area contributed by atoms with Crippen LogP contribution in [-0.2, 0) is 11.5 Å². The number of rotatable bonds is 1. The van der Waals surface area contributed by atoms with Gasteiger partial charge in [-0.05, 0) is 35.3 Å². The second-order valence-corrected chi connectivity index (χ2v) is 8.09. The Morgan fingerprint density at radius 3 is 2.55 bits per heavy atom. The number of fused-ring (bicyclic) bond motifs is 10. The molecular formula is C15H21NO2S2. The number of nitrogens with zero attached hydrogens (tertiary/aromatic N) is 1. The topological polar surface area (TPSA) is 50.2 Å². The summed E-state index contributed by atoms with van der Waals surface area (Å²) in [7, 11) is 0. The summed E-state index contributed by atoms with van der Waals surface area (Å²) >= 11 is 3.58. The van der Waals surface area contributed by atoms with Crippen molar-refractivity contribution >= 4 is 29.8 Å². The van der Waals surface area contributed by atoms with E-state index >= 15 is 0 Å². The molecule has 1 aromatic heterocycles. The van der Waals surface area contributed by atoms with Gasteiger partial charge in [0.2, 0.25) is 0 Å². The van der Waals surface area contributed by atoms with Crippen LogP contribution in [0.5, 0.6) is 5.75 Å². The first-order valence-corrected chi connectivity index (χ1v) is 9.15. The Labute approximate surface area is 128 Å². The molecule has 0 saturated heterocycles. The Balaban J connectivity index is 2.23. The Hall–Kier alpha value is -0.680. The highest BCUT2D eigenvalue weighted by Crippen LogP contribution is 2.33.